The van der Waals surface area contributed by atoms with Gasteiger partial charge in [-0.05, 0) is 31.6 Å². The second-order valence-corrected chi connectivity index (χ2v) is 7.48. The Labute approximate surface area is 123 Å². The van der Waals surface area contributed by atoms with Crippen LogP contribution < -0.4 is 5.73 Å². The standard InChI is InChI=1S/C12H25N3O2S.ClH/c1-11-5-8-15(12(9-11)10-13)18(16,17)14-6-3-2-4-7-14;/h11-12H,2-10,13H2,1H3;1H. The minimum absolute atomic E-state index is 0. The summed E-state index contributed by atoms with van der Waals surface area (Å²) in [6.07, 6.45) is 4.95. The van der Waals surface area contributed by atoms with Crippen LogP contribution in [0.4, 0.5) is 0 Å². The van der Waals surface area contributed by atoms with Gasteiger partial charge in [-0.15, -0.1) is 12.4 Å². The van der Waals surface area contributed by atoms with Gasteiger partial charge in [-0.2, -0.15) is 17.0 Å². The first kappa shape index (κ1) is 17.2. The lowest BCUT2D eigenvalue weighted by atomic mass is 9.94. The van der Waals surface area contributed by atoms with Crippen molar-refractivity contribution >= 4 is 22.6 Å². The highest BCUT2D eigenvalue weighted by Gasteiger charge is 2.37. The van der Waals surface area contributed by atoms with Crippen molar-refractivity contribution in [2.45, 2.75) is 45.1 Å². The van der Waals surface area contributed by atoms with Crippen molar-refractivity contribution in [3.63, 3.8) is 0 Å². The van der Waals surface area contributed by atoms with Gasteiger partial charge in [0.2, 0.25) is 0 Å². The van der Waals surface area contributed by atoms with Crippen LogP contribution in [0.15, 0.2) is 0 Å². The molecule has 2 unspecified atom stereocenters. The maximum absolute atomic E-state index is 12.6. The van der Waals surface area contributed by atoms with Gasteiger partial charge >= 0.3 is 0 Å². The quantitative estimate of drug-likeness (QED) is 0.851. The number of hydrogen-bond acceptors (Lipinski definition) is 3. The van der Waals surface area contributed by atoms with Crippen molar-refractivity contribution in [3.8, 4) is 0 Å². The lowest BCUT2D eigenvalue weighted by Crippen LogP contribution is -2.54. The summed E-state index contributed by atoms with van der Waals surface area (Å²) >= 11 is 0. The molecule has 0 spiro atoms. The number of hydrogen-bond donors (Lipinski definition) is 1. The zero-order valence-corrected chi connectivity index (χ0v) is 13.3. The Morgan fingerprint density at radius 3 is 2.37 bits per heavy atom. The van der Waals surface area contributed by atoms with E-state index in [0.717, 1.165) is 32.1 Å². The SMILES string of the molecule is CC1CCN(S(=O)(=O)N2CCCCC2)C(CN)C1.Cl. The first-order valence-electron chi connectivity index (χ1n) is 7.02. The Bertz CT molecular complexity index is 371. The van der Waals surface area contributed by atoms with Crippen LogP contribution in [0.2, 0.25) is 0 Å². The smallest absolute Gasteiger partial charge is 0.282 e. The van der Waals surface area contributed by atoms with E-state index in [0.29, 0.717) is 32.1 Å². The van der Waals surface area contributed by atoms with E-state index in [1.54, 1.807) is 8.61 Å². The summed E-state index contributed by atoms with van der Waals surface area (Å²) in [4.78, 5) is 0. The van der Waals surface area contributed by atoms with E-state index >= 15 is 0 Å². The lowest BCUT2D eigenvalue weighted by molar-refractivity contribution is 0.192. The molecule has 114 valence electrons. The zero-order valence-electron chi connectivity index (χ0n) is 11.6. The second kappa shape index (κ2) is 7.22. The fraction of sp³-hybridized carbons (Fsp3) is 1.00. The van der Waals surface area contributed by atoms with Crippen LogP contribution in [0, 0.1) is 5.92 Å². The first-order valence-corrected chi connectivity index (χ1v) is 8.42. The van der Waals surface area contributed by atoms with Crippen LogP contribution in [0.3, 0.4) is 0 Å². The van der Waals surface area contributed by atoms with Crippen molar-refractivity contribution in [3.05, 3.63) is 0 Å². The molecule has 0 aromatic carbocycles. The highest BCUT2D eigenvalue weighted by Crippen LogP contribution is 2.27. The second-order valence-electron chi connectivity index (χ2n) is 5.60. The fourth-order valence-corrected chi connectivity index (χ4v) is 4.89. The van der Waals surface area contributed by atoms with Gasteiger partial charge in [-0.3, -0.25) is 0 Å². The van der Waals surface area contributed by atoms with Crippen LogP contribution in [-0.2, 0) is 10.2 Å². The summed E-state index contributed by atoms with van der Waals surface area (Å²) in [6.45, 7) is 4.57. The summed E-state index contributed by atoms with van der Waals surface area (Å²) < 4.78 is 28.5. The highest BCUT2D eigenvalue weighted by atomic mass is 35.5. The van der Waals surface area contributed by atoms with Gasteiger partial charge in [-0.25, -0.2) is 0 Å². The lowest BCUT2D eigenvalue weighted by Gasteiger charge is -2.40. The third-order valence-electron chi connectivity index (χ3n) is 4.13. The van der Waals surface area contributed by atoms with Crippen molar-refractivity contribution < 1.29 is 8.42 Å². The Morgan fingerprint density at radius 1 is 1.16 bits per heavy atom. The molecule has 0 aromatic heterocycles. The minimum Gasteiger partial charge on any atom is -0.329 e. The van der Waals surface area contributed by atoms with Gasteiger partial charge in [0.1, 0.15) is 0 Å². The number of nitrogens with two attached hydrogens (primary N) is 1. The van der Waals surface area contributed by atoms with Crippen molar-refractivity contribution in [1.29, 1.82) is 0 Å². The molecule has 2 saturated heterocycles. The summed E-state index contributed by atoms with van der Waals surface area (Å²) in [7, 11) is -3.28. The highest BCUT2D eigenvalue weighted by molar-refractivity contribution is 7.86. The monoisotopic (exact) mass is 311 g/mol. The van der Waals surface area contributed by atoms with Crippen molar-refractivity contribution in [1.82, 2.24) is 8.61 Å². The van der Waals surface area contributed by atoms with E-state index < -0.39 is 10.2 Å². The molecule has 0 bridgehead atoms. The average molecular weight is 312 g/mol. The molecule has 7 heteroatoms. The number of halogens is 1. The molecule has 2 aliphatic rings. The van der Waals surface area contributed by atoms with E-state index in [-0.39, 0.29) is 18.4 Å². The zero-order chi connectivity index (χ0) is 13.2. The normalized spacial score (nSPS) is 30.8. The minimum atomic E-state index is -3.28. The van der Waals surface area contributed by atoms with Gasteiger partial charge in [0.05, 0.1) is 0 Å². The molecule has 2 N–H and O–H groups in total. The summed E-state index contributed by atoms with van der Waals surface area (Å²) in [5.74, 6) is 0.575. The van der Waals surface area contributed by atoms with Crippen LogP contribution in [0.25, 0.3) is 0 Å². The molecule has 0 aromatic rings. The van der Waals surface area contributed by atoms with E-state index in [9.17, 15) is 8.42 Å². The van der Waals surface area contributed by atoms with Crippen LogP contribution in [0.5, 0.6) is 0 Å². The molecule has 0 radical (unpaired) electrons. The van der Waals surface area contributed by atoms with E-state index in [1.807, 2.05) is 0 Å². The first-order chi connectivity index (χ1) is 8.55. The van der Waals surface area contributed by atoms with Crippen LogP contribution in [-0.4, -0.2) is 49.2 Å². The topological polar surface area (TPSA) is 66.6 Å². The Hall–Kier alpha value is 0.120. The average Bonchev–Trinajstić information content (AvgIpc) is 2.39. The summed E-state index contributed by atoms with van der Waals surface area (Å²) in [5, 5.41) is 0. The Morgan fingerprint density at radius 2 is 1.79 bits per heavy atom. The molecule has 19 heavy (non-hydrogen) atoms. The molecular formula is C12H26ClN3O2S. The molecular weight excluding hydrogens is 286 g/mol. The van der Waals surface area contributed by atoms with Crippen LogP contribution >= 0.6 is 12.4 Å². The predicted molar refractivity (Wildman–Crippen MR) is 79.5 cm³/mol. The third kappa shape index (κ3) is 3.82. The van der Waals surface area contributed by atoms with E-state index in [2.05, 4.69) is 6.92 Å². The van der Waals surface area contributed by atoms with Gasteiger partial charge in [0, 0.05) is 32.2 Å². The molecule has 0 amide bonds. The fourth-order valence-electron chi connectivity index (χ4n) is 2.99. The van der Waals surface area contributed by atoms with E-state index in [1.165, 1.54) is 0 Å². The maximum Gasteiger partial charge on any atom is 0.282 e. The number of piperidine rings is 2. The van der Waals surface area contributed by atoms with Crippen molar-refractivity contribution in [2.75, 3.05) is 26.2 Å². The Balaban J connectivity index is 0.00000180. The molecule has 2 rings (SSSR count). The van der Waals surface area contributed by atoms with Gasteiger partial charge in [0.15, 0.2) is 0 Å². The number of rotatable bonds is 3. The van der Waals surface area contributed by atoms with Gasteiger partial charge in [0.25, 0.3) is 10.2 Å². The molecule has 2 fully saturated rings. The molecule has 5 nitrogen and oxygen atoms in total. The molecule has 2 heterocycles. The molecule has 0 aliphatic carbocycles. The van der Waals surface area contributed by atoms with Crippen molar-refractivity contribution in [2.24, 2.45) is 11.7 Å². The third-order valence-corrected chi connectivity index (χ3v) is 6.22. The molecule has 2 atom stereocenters. The Kier molecular flexibility index (Phi) is 6.53. The largest absolute Gasteiger partial charge is 0.329 e. The predicted octanol–water partition coefficient (Wildman–Crippen LogP) is 1.20. The van der Waals surface area contributed by atoms with Gasteiger partial charge in [-0.1, -0.05) is 13.3 Å². The van der Waals surface area contributed by atoms with E-state index in [4.69, 9.17) is 5.73 Å². The molecule has 2 aliphatic heterocycles. The summed E-state index contributed by atoms with van der Waals surface area (Å²) in [6, 6.07) is -0.0133. The summed E-state index contributed by atoms with van der Waals surface area (Å²) in [5.41, 5.74) is 5.76. The molecule has 0 saturated carbocycles. The number of nitrogens with zero attached hydrogens (tertiary/aromatic N) is 2. The van der Waals surface area contributed by atoms with Gasteiger partial charge < -0.3 is 5.73 Å². The maximum atomic E-state index is 12.6. The van der Waals surface area contributed by atoms with Crippen LogP contribution in [0.1, 0.15) is 39.0 Å².